The molecule has 3 nitrogen and oxygen atoms in total. The van der Waals surface area contributed by atoms with Crippen molar-refractivity contribution in [2.45, 2.75) is 46.1 Å². The maximum absolute atomic E-state index is 5.54. The number of ether oxygens (including phenoxy) is 1. The molecule has 2 N–H and O–H groups in total. The summed E-state index contributed by atoms with van der Waals surface area (Å²) in [5.41, 5.74) is 6.63. The summed E-state index contributed by atoms with van der Waals surface area (Å²) in [7, 11) is 1.72. The van der Waals surface area contributed by atoms with Crippen LogP contribution >= 0.6 is 0 Å². The first-order chi connectivity index (χ1) is 8.20. The van der Waals surface area contributed by atoms with E-state index in [1.807, 2.05) is 0 Å². The summed E-state index contributed by atoms with van der Waals surface area (Å²) < 4.78 is 5.54. The second-order valence-corrected chi connectivity index (χ2v) is 4.74. The van der Waals surface area contributed by atoms with Gasteiger partial charge in [0.05, 0.1) is 13.7 Å². The summed E-state index contributed by atoms with van der Waals surface area (Å²) in [6.45, 7) is 4.71. The van der Waals surface area contributed by atoms with Gasteiger partial charge in [0.1, 0.15) is 5.75 Å². The molecule has 0 saturated heterocycles. The highest BCUT2D eigenvalue weighted by Crippen LogP contribution is 2.37. The Morgan fingerprint density at radius 1 is 1.06 bits per heavy atom. The van der Waals surface area contributed by atoms with Crippen LogP contribution in [0.25, 0.3) is 0 Å². The van der Waals surface area contributed by atoms with Crippen molar-refractivity contribution in [3.63, 3.8) is 0 Å². The first-order valence-electron chi connectivity index (χ1n) is 6.20. The molecular weight excluding hydrogens is 214 g/mol. The molecule has 0 amide bonds. The van der Waals surface area contributed by atoms with Crippen LogP contribution in [-0.2, 0) is 24.3 Å². The van der Waals surface area contributed by atoms with Gasteiger partial charge in [-0.3, -0.25) is 4.84 Å². The van der Waals surface area contributed by atoms with Crippen molar-refractivity contribution in [1.82, 2.24) is 0 Å². The second kappa shape index (κ2) is 5.07. The number of methoxy groups -OCH3 is 1. The van der Waals surface area contributed by atoms with E-state index in [4.69, 9.17) is 15.5 Å². The molecular formula is C14H21NO2. The van der Waals surface area contributed by atoms with Crippen LogP contribution in [0, 0.1) is 13.8 Å². The van der Waals surface area contributed by atoms with Crippen molar-refractivity contribution >= 4 is 0 Å². The van der Waals surface area contributed by atoms with Crippen LogP contribution in [0.3, 0.4) is 0 Å². The highest BCUT2D eigenvalue weighted by atomic mass is 16.6. The van der Waals surface area contributed by atoms with E-state index in [2.05, 4.69) is 13.8 Å². The summed E-state index contributed by atoms with van der Waals surface area (Å²) in [4.78, 5) is 4.82. The van der Waals surface area contributed by atoms with Crippen molar-refractivity contribution in [3.8, 4) is 5.75 Å². The van der Waals surface area contributed by atoms with E-state index in [9.17, 15) is 0 Å². The monoisotopic (exact) mass is 235 g/mol. The molecule has 0 fully saturated rings. The van der Waals surface area contributed by atoms with Gasteiger partial charge in [0.15, 0.2) is 0 Å². The molecule has 0 unspecified atom stereocenters. The largest absolute Gasteiger partial charge is 0.496 e. The topological polar surface area (TPSA) is 44.5 Å². The number of nitrogens with two attached hydrogens (primary N) is 1. The van der Waals surface area contributed by atoms with Crippen molar-refractivity contribution in [2.24, 2.45) is 5.90 Å². The molecule has 1 aromatic rings. The average Bonchev–Trinajstić information content (AvgIpc) is 2.36. The third kappa shape index (κ3) is 2.05. The van der Waals surface area contributed by atoms with E-state index in [1.165, 1.54) is 47.9 Å². The number of rotatable bonds is 3. The van der Waals surface area contributed by atoms with Gasteiger partial charge in [-0.05, 0) is 61.8 Å². The molecule has 94 valence electrons. The summed E-state index contributed by atoms with van der Waals surface area (Å²) >= 11 is 0. The first kappa shape index (κ1) is 12.4. The van der Waals surface area contributed by atoms with Gasteiger partial charge in [0, 0.05) is 5.56 Å². The Morgan fingerprint density at radius 3 is 2.18 bits per heavy atom. The minimum atomic E-state index is 0.420. The molecule has 0 heterocycles. The van der Waals surface area contributed by atoms with E-state index in [1.54, 1.807) is 7.11 Å². The fraction of sp³-hybridized carbons (Fsp3) is 0.571. The lowest BCUT2D eigenvalue weighted by Crippen LogP contribution is -2.13. The maximum atomic E-state index is 5.54. The van der Waals surface area contributed by atoms with Crippen LogP contribution in [0.4, 0.5) is 0 Å². The highest BCUT2D eigenvalue weighted by molar-refractivity contribution is 5.55. The molecule has 3 heteroatoms. The van der Waals surface area contributed by atoms with Crippen molar-refractivity contribution in [2.75, 3.05) is 7.11 Å². The van der Waals surface area contributed by atoms with Gasteiger partial charge in [0.2, 0.25) is 0 Å². The van der Waals surface area contributed by atoms with Gasteiger partial charge in [-0.1, -0.05) is 0 Å². The third-order valence-electron chi connectivity index (χ3n) is 3.87. The summed E-state index contributed by atoms with van der Waals surface area (Å²) in [5, 5.41) is 0. The molecule has 1 aliphatic rings. The van der Waals surface area contributed by atoms with Gasteiger partial charge in [-0.15, -0.1) is 0 Å². The van der Waals surface area contributed by atoms with E-state index >= 15 is 0 Å². The minimum absolute atomic E-state index is 0.420. The van der Waals surface area contributed by atoms with Crippen LogP contribution in [0.15, 0.2) is 0 Å². The van der Waals surface area contributed by atoms with E-state index in [-0.39, 0.29) is 0 Å². The molecule has 0 atom stereocenters. The lowest BCUT2D eigenvalue weighted by Gasteiger charge is -2.25. The first-order valence-corrected chi connectivity index (χ1v) is 6.20. The lowest BCUT2D eigenvalue weighted by molar-refractivity contribution is 0.121. The van der Waals surface area contributed by atoms with Gasteiger partial charge >= 0.3 is 0 Å². The molecule has 0 radical (unpaired) electrons. The van der Waals surface area contributed by atoms with Gasteiger partial charge in [-0.2, -0.15) is 0 Å². The zero-order valence-corrected chi connectivity index (χ0v) is 10.9. The van der Waals surface area contributed by atoms with Crippen molar-refractivity contribution < 1.29 is 9.57 Å². The predicted octanol–water partition coefficient (Wildman–Crippen LogP) is 2.58. The lowest BCUT2D eigenvalue weighted by atomic mass is 9.83. The van der Waals surface area contributed by atoms with E-state index in [0.29, 0.717) is 6.61 Å². The smallest absolute Gasteiger partial charge is 0.127 e. The zero-order valence-electron chi connectivity index (χ0n) is 10.9. The zero-order chi connectivity index (χ0) is 12.4. The number of fused-ring (bicyclic) bond motifs is 1. The average molecular weight is 235 g/mol. The Kier molecular flexibility index (Phi) is 3.69. The van der Waals surface area contributed by atoms with Crippen molar-refractivity contribution in [3.05, 3.63) is 27.8 Å². The molecule has 1 aromatic carbocycles. The van der Waals surface area contributed by atoms with Crippen LogP contribution < -0.4 is 10.6 Å². The Hall–Kier alpha value is -1.06. The number of hydrogen-bond donors (Lipinski definition) is 1. The molecule has 0 bridgehead atoms. The maximum Gasteiger partial charge on any atom is 0.127 e. The Morgan fingerprint density at radius 2 is 1.65 bits per heavy atom. The fourth-order valence-corrected chi connectivity index (χ4v) is 2.98. The molecule has 17 heavy (non-hydrogen) atoms. The Balaban J connectivity index is 2.63. The van der Waals surface area contributed by atoms with E-state index in [0.717, 1.165) is 11.3 Å². The number of benzene rings is 1. The second-order valence-electron chi connectivity index (χ2n) is 4.74. The van der Waals surface area contributed by atoms with Crippen LogP contribution in [0.5, 0.6) is 5.75 Å². The molecule has 1 aliphatic carbocycles. The summed E-state index contributed by atoms with van der Waals surface area (Å²) in [5.74, 6) is 6.18. The van der Waals surface area contributed by atoms with Gasteiger partial charge in [-0.25, -0.2) is 5.90 Å². The molecule has 0 aliphatic heterocycles. The quantitative estimate of drug-likeness (QED) is 0.819. The Labute approximate surface area is 103 Å². The van der Waals surface area contributed by atoms with Crippen LogP contribution in [0.1, 0.15) is 40.7 Å². The molecule has 0 saturated carbocycles. The van der Waals surface area contributed by atoms with Crippen LogP contribution in [0.2, 0.25) is 0 Å². The fourth-order valence-electron chi connectivity index (χ4n) is 2.98. The van der Waals surface area contributed by atoms with Gasteiger partial charge in [0.25, 0.3) is 0 Å². The van der Waals surface area contributed by atoms with Crippen LogP contribution in [-0.4, -0.2) is 7.11 Å². The minimum Gasteiger partial charge on any atom is -0.496 e. The Bertz CT molecular complexity index is 427. The van der Waals surface area contributed by atoms with E-state index < -0.39 is 0 Å². The normalized spacial score (nSPS) is 14.6. The standard InChI is InChI=1S/C14H21NO2/c1-9-11-6-4-5-7-12(11)10(2)14(16-3)13(9)8-17-15/h4-8,15H2,1-3H3. The SMILES string of the molecule is COc1c(C)c2c(c(C)c1CON)CCCC2. The third-order valence-corrected chi connectivity index (χ3v) is 3.87. The number of hydrogen-bond acceptors (Lipinski definition) is 3. The van der Waals surface area contributed by atoms with Crippen molar-refractivity contribution in [1.29, 1.82) is 0 Å². The summed E-state index contributed by atoms with van der Waals surface area (Å²) in [6.07, 6.45) is 4.90. The molecule has 2 rings (SSSR count). The molecule has 0 spiro atoms. The summed E-state index contributed by atoms with van der Waals surface area (Å²) in [6, 6.07) is 0. The highest BCUT2D eigenvalue weighted by Gasteiger charge is 2.21. The molecule has 0 aromatic heterocycles. The predicted molar refractivity (Wildman–Crippen MR) is 68.1 cm³/mol. The van der Waals surface area contributed by atoms with Gasteiger partial charge < -0.3 is 4.74 Å².